The van der Waals surface area contributed by atoms with Crippen LogP contribution in [0, 0.1) is 44.0 Å². The van der Waals surface area contributed by atoms with Gasteiger partial charge >= 0.3 is 0 Å². The molecular formula is C48H75N5O. The standard InChI is InChI=1S/C25H39N3O.C15H21N.C2H7N.C2H4.2C2H2/c1-4-19-13-11-12-14-20(19)17-22(23(26)6-3)24-18-27-25(28-24)16-10-8-7-9-15-21(29)5-2;1-13-2-4-14(5-3-13)12-16-10-8-15(6-7-15)9-11-16;1-3-2;3*1-2/h12,14,17-19H,4-11,13,15-16,26H2,1-3H3,(H,27,28);2-5H,6-12H2,1H3;3H,1-2H3;1-2H2;2*1-2H/b20-17-,23-22+;;;;;. The van der Waals surface area contributed by atoms with Crippen LogP contribution in [0.4, 0.5) is 0 Å². The number of nitrogens with two attached hydrogens (primary N) is 1. The molecule has 5 rings (SSSR count). The zero-order valence-electron chi connectivity index (χ0n) is 35.0. The molecule has 2 aromatic rings. The third kappa shape index (κ3) is 19.3. The van der Waals surface area contributed by atoms with Gasteiger partial charge in [-0.2, -0.15) is 0 Å². The molecule has 2 heterocycles. The topological polar surface area (TPSA) is 87.0 Å². The summed E-state index contributed by atoms with van der Waals surface area (Å²) in [6.07, 6.45) is 41.7. The summed E-state index contributed by atoms with van der Waals surface area (Å²) < 4.78 is 0. The number of carbonyl (C=O) groups excluding carboxylic acids is 1. The fourth-order valence-electron chi connectivity index (χ4n) is 6.71. The Balaban J connectivity index is 0.000000938. The maximum absolute atomic E-state index is 11.4. The molecule has 1 aromatic carbocycles. The third-order valence-corrected chi connectivity index (χ3v) is 10.3. The fourth-order valence-corrected chi connectivity index (χ4v) is 6.71. The van der Waals surface area contributed by atoms with Crippen molar-refractivity contribution in [3.8, 4) is 25.7 Å². The Morgan fingerprint density at radius 1 is 0.981 bits per heavy atom. The number of rotatable bonds is 14. The van der Waals surface area contributed by atoms with E-state index in [1.165, 1.54) is 68.3 Å². The maximum Gasteiger partial charge on any atom is 0.132 e. The van der Waals surface area contributed by atoms with Crippen molar-refractivity contribution in [1.82, 2.24) is 20.2 Å². The minimum absolute atomic E-state index is 0.376. The largest absolute Gasteiger partial charge is 0.402 e. The van der Waals surface area contributed by atoms with Crippen LogP contribution in [0.25, 0.3) is 5.57 Å². The predicted molar refractivity (Wildman–Crippen MR) is 236 cm³/mol. The zero-order chi connectivity index (χ0) is 40.8. The smallest absolute Gasteiger partial charge is 0.132 e. The number of H-pyrrole nitrogens is 1. The number of terminal acetylenes is 2. The van der Waals surface area contributed by atoms with Crippen molar-refractivity contribution in [2.75, 3.05) is 27.2 Å². The SMILES string of the molecule is C#C.C#C.C=C.CCC(=O)CCCCCCc1ncc(C(/C=C2/C=CCCC2CC)=C(/N)CC)[nH]1.CNC.Cc1ccc(CN2CCC3(CC2)CC3)cc1. The Kier molecular flexibility index (Phi) is 28.0. The van der Waals surface area contributed by atoms with Crippen LogP contribution >= 0.6 is 0 Å². The number of Topliss-reactive ketones (excluding diaryl/α,β-unsaturated/α-hetero) is 1. The van der Waals surface area contributed by atoms with Gasteiger partial charge < -0.3 is 16.0 Å². The first kappa shape index (κ1) is 49.9. The van der Waals surface area contributed by atoms with E-state index < -0.39 is 0 Å². The molecule has 6 heteroatoms. The van der Waals surface area contributed by atoms with Crippen molar-refractivity contribution < 1.29 is 4.79 Å². The fraction of sp³-hybridized carbons (Fsp3) is 0.542. The number of unbranched alkanes of at least 4 members (excludes halogenated alkanes) is 3. The molecule has 1 unspecified atom stereocenters. The molecule has 1 spiro atoms. The van der Waals surface area contributed by atoms with Gasteiger partial charge in [0.15, 0.2) is 0 Å². The molecule has 1 atom stereocenters. The monoisotopic (exact) mass is 738 g/mol. The first-order chi connectivity index (χ1) is 26.3. The number of ketones is 1. The highest BCUT2D eigenvalue weighted by atomic mass is 16.1. The maximum atomic E-state index is 11.4. The van der Waals surface area contributed by atoms with Crippen LogP contribution in [0.2, 0.25) is 0 Å². The average molecular weight is 738 g/mol. The lowest BCUT2D eigenvalue weighted by molar-refractivity contribution is -0.118. The third-order valence-electron chi connectivity index (χ3n) is 10.3. The van der Waals surface area contributed by atoms with Gasteiger partial charge in [-0.1, -0.05) is 75.6 Å². The van der Waals surface area contributed by atoms with E-state index in [-0.39, 0.29) is 0 Å². The molecule has 0 amide bonds. The van der Waals surface area contributed by atoms with E-state index >= 15 is 0 Å². The number of carbonyl (C=O) groups is 1. The first-order valence-electron chi connectivity index (χ1n) is 20.2. The van der Waals surface area contributed by atoms with E-state index in [0.717, 1.165) is 86.1 Å². The molecule has 1 aromatic heterocycles. The number of piperidine rings is 1. The van der Waals surface area contributed by atoms with Gasteiger partial charge in [0.1, 0.15) is 11.6 Å². The highest BCUT2D eigenvalue weighted by Gasteiger charge is 2.44. The van der Waals surface area contributed by atoms with Crippen LogP contribution in [-0.4, -0.2) is 47.8 Å². The van der Waals surface area contributed by atoms with Gasteiger partial charge in [0, 0.05) is 37.1 Å². The van der Waals surface area contributed by atoms with Gasteiger partial charge in [0.25, 0.3) is 0 Å². The van der Waals surface area contributed by atoms with E-state index in [9.17, 15) is 4.79 Å². The van der Waals surface area contributed by atoms with Crippen LogP contribution in [0.1, 0.15) is 133 Å². The number of hydrogen-bond donors (Lipinski definition) is 3. The summed E-state index contributed by atoms with van der Waals surface area (Å²) in [5, 5.41) is 2.75. The predicted octanol–water partition coefficient (Wildman–Crippen LogP) is 10.8. The Hall–Kier alpha value is -4.10. The number of nitrogens with one attached hydrogen (secondary N) is 2. The van der Waals surface area contributed by atoms with Crippen molar-refractivity contribution in [2.45, 2.75) is 131 Å². The number of benzene rings is 1. The Morgan fingerprint density at radius 2 is 1.59 bits per heavy atom. The number of nitrogens with zero attached hydrogens (tertiary/aromatic N) is 2. The molecule has 2 fully saturated rings. The molecule has 0 bridgehead atoms. The van der Waals surface area contributed by atoms with E-state index in [2.05, 4.69) is 122 Å². The lowest BCUT2D eigenvalue weighted by Crippen LogP contribution is -2.33. The highest BCUT2D eigenvalue weighted by molar-refractivity contribution is 5.78. The van der Waals surface area contributed by atoms with Crippen molar-refractivity contribution in [3.05, 3.63) is 95.8 Å². The molecule has 2 aliphatic carbocycles. The minimum atomic E-state index is 0.376. The number of aryl methyl sites for hydroxylation is 2. The normalized spacial score (nSPS) is 17.6. The van der Waals surface area contributed by atoms with Crippen LogP contribution in [0.15, 0.2) is 73.1 Å². The van der Waals surface area contributed by atoms with Crippen molar-refractivity contribution in [2.24, 2.45) is 17.1 Å². The van der Waals surface area contributed by atoms with Crippen molar-refractivity contribution in [3.63, 3.8) is 0 Å². The summed E-state index contributed by atoms with van der Waals surface area (Å²) in [5.74, 6) is 2.01. The zero-order valence-corrected chi connectivity index (χ0v) is 35.0. The number of aromatic nitrogens is 2. The van der Waals surface area contributed by atoms with Gasteiger partial charge in [-0.3, -0.25) is 9.69 Å². The molecular weight excluding hydrogens is 663 g/mol. The Bertz CT molecular complexity index is 1400. The average Bonchev–Trinajstić information content (AvgIpc) is 3.82. The summed E-state index contributed by atoms with van der Waals surface area (Å²) in [4.78, 5) is 22.1. The number of imidazole rings is 1. The van der Waals surface area contributed by atoms with Crippen LogP contribution in [0.5, 0.6) is 0 Å². The summed E-state index contributed by atoms with van der Waals surface area (Å²) in [7, 11) is 3.75. The quantitative estimate of drug-likeness (QED) is 0.102. The second kappa shape index (κ2) is 30.3. The molecule has 1 saturated heterocycles. The molecule has 3 aliphatic rings. The van der Waals surface area contributed by atoms with E-state index in [4.69, 9.17) is 5.73 Å². The van der Waals surface area contributed by atoms with Gasteiger partial charge in [-0.15, -0.1) is 38.9 Å². The minimum Gasteiger partial charge on any atom is -0.402 e. The first-order valence-corrected chi connectivity index (χ1v) is 20.2. The summed E-state index contributed by atoms with van der Waals surface area (Å²) >= 11 is 0. The summed E-state index contributed by atoms with van der Waals surface area (Å²) in [5.41, 5.74) is 14.4. The van der Waals surface area contributed by atoms with E-state index in [1.54, 1.807) is 0 Å². The highest BCUT2D eigenvalue weighted by Crippen LogP contribution is 2.53. The number of allylic oxidation sites excluding steroid dienone is 6. The Morgan fingerprint density at radius 3 is 2.15 bits per heavy atom. The van der Waals surface area contributed by atoms with Crippen LogP contribution < -0.4 is 11.1 Å². The molecule has 1 saturated carbocycles. The molecule has 298 valence electrons. The number of hydrogen-bond acceptors (Lipinski definition) is 5. The van der Waals surface area contributed by atoms with Crippen LogP contribution in [-0.2, 0) is 17.8 Å². The molecule has 0 radical (unpaired) electrons. The van der Waals surface area contributed by atoms with Crippen molar-refractivity contribution >= 4 is 11.4 Å². The van der Waals surface area contributed by atoms with Gasteiger partial charge in [-0.25, -0.2) is 4.98 Å². The van der Waals surface area contributed by atoms with Crippen molar-refractivity contribution in [1.29, 1.82) is 0 Å². The molecule has 4 N–H and O–H groups in total. The van der Waals surface area contributed by atoms with Gasteiger partial charge in [0.05, 0.1) is 11.9 Å². The van der Waals surface area contributed by atoms with Gasteiger partial charge in [0.2, 0.25) is 0 Å². The lowest BCUT2D eigenvalue weighted by atomic mass is 9.85. The van der Waals surface area contributed by atoms with E-state index in [0.29, 0.717) is 18.1 Å². The Labute approximate surface area is 331 Å². The second-order valence-electron chi connectivity index (χ2n) is 14.3. The summed E-state index contributed by atoms with van der Waals surface area (Å²) in [6, 6.07) is 9.00. The number of likely N-dealkylation sites (tertiary alicyclic amines) is 1. The molecule has 6 nitrogen and oxygen atoms in total. The molecule has 54 heavy (non-hydrogen) atoms. The number of aromatic amines is 1. The molecule has 1 aliphatic heterocycles. The lowest BCUT2D eigenvalue weighted by Gasteiger charge is -2.32. The summed E-state index contributed by atoms with van der Waals surface area (Å²) in [6.45, 7) is 18.2. The van der Waals surface area contributed by atoms with Gasteiger partial charge in [-0.05, 0) is 127 Å². The van der Waals surface area contributed by atoms with Crippen LogP contribution in [0.3, 0.4) is 0 Å². The second-order valence-corrected chi connectivity index (χ2v) is 14.3. The van der Waals surface area contributed by atoms with E-state index in [1.807, 2.05) is 27.2 Å².